The van der Waals surface area contributed by atoms with E-state index in [9.17, 15) is 0 Å². The number of unbranched alkanes of at least 4 members (excludes halogenated alkanes) is 12. The minimum Gasteiger partial charge on any atom is -0.497 e. The van der Waals surface area contributed by atoms with Gasteiger partial charge in [-0.3, -0.25) is 4.99 Å². The van der Waals surface area contributed by atoms with Crippen molar-refractivity contribution in [1.29, 1.82) is 0 Å². The number of aliphatic imine (C=N–C) groups is 1. The number of nitrogens with one attached hydrogen (secondary N) is 1. The minimum absolute atomic E-state index is 0.415. The summed E-state index contributed by atoms with van der Waals surface area (Å²) in [4.78, 5) is 4.91. The first kappa shape index (κ1) is 23.2. The van der Waals surface area contributed by atoms with E-state index < -0.39 is 0 Å². The van der Waals surface area contributed by atoms with Crippen LogP contribution in [0, 0.1) is 0 Å². The second-order valence-electron chi connectivity index (χ2n) is 9.34. The third-order valence-corrected chi connectivity index (χ3v) is 7.02. The SMILES string of the molecule is CCCCCCCCCCCCCCCC1=NCCC2c3cc(OC)ccc3NC12. The van der Waals surface area contributed by atoms with Gasteiger partial charge in [-0.05, 0) is 43.0 Å². The lowest BCUT2D eigenvalue weighted by Crippen LogP contribution is -2.34. The molecule has 2 heterocycles. The molecule has 0 saturated carbocycles. The molecule has 0 fully saturated rings. The van der Waals surface area contributed by atoms with E-state index in [4.69, 9.17) is 9.73 Å². The number of benzene rings is 1. The minimum atomic E-state index is 0.415. The van der Waals surface area contributed by atoms with E-state index in [-0.39, 0.29) is 0 Å². The molecular weight excluding hydrogens is 368 g/mol. The quantitative estimate of drug-likeness (QED) is 0.297. The van der Waals surface area contributed by atoms with Crippen molar-refractivity contribution in [3.63, 3.8) is 0 Å². The maximum atomic E-state index is 5.44. The number of ether oxygens (including phenoxy) is 1. The summed E-state index contributed by atoms with van der Waals surface area (Å²) in [5.74, 6) is 1.54. The van der Waals surface area contributed by atoms with Crippen molar-refractivity contribution in [2.24, 2.45) is 4.99 Å². The van der Waals surface area contributed by atoms with Crippen molar-refractivity contribution in [2.45, 2.75) is 115 Å². The van der Waals surface area contributed by atoms with Crippen LogP contribution >= 0.6 is 0 Å². The number of anilines is 1. The van der Waals surface area contributed by atoms with E-state index >= 15 is 0 Å². The molecule has 1 N–H and O–H groups in total. The molecule has 0 aromatic heterocycles. The Bertz CT molecular complexity index is 654. The third-order valence-electron chi connectivity index (χ3n) is 7.02. The van der Waals surface area contributed by atoms with Crippen LogP contribution in [0.1, 0.15) is 115 Å². The molecule has 3 nitrogen and oxygen atoms in total. The standard InChI is InChI=1S/C27H44N2O/c1-3-4-5-6-7-8-9-10-11-12-13-14-15-16-26-27-23(19-20-28-26)24-21-22(30-2)17-18-25(24)29-27/h17-18,21,23,27,29H,3-16,19-20H2,1-2H3. The average molecular weight is 413 g/mol. The average Bonchev–Trinajstić information content (AvgIpc) is 3.15. The van der Waals surface area contributed by atoms with Crippen LogP contribution in [0.5, 0.6) is 5.75 Å². The van der Waals surface area contributed by atoms with Gasteiger partial charge in [0.1, 0.15) is 5.75 Å². The number of fused-ring (bicyclic) bond motifs is 3. The predicted molar refractivity (Wildman–Crippen MR) is 130 cm³/mol. The molecule has 0 spiro atoms. The molecule has 2 unspecified atom stereocenters. The van der Waals surface area contributed by atoms with Crippen LogP contribution in [-0.2, 0) is 0 Å². The summed E-state index contributed by atoms with van der Waals surface area (Å²) in [6, 6.07) is 6.88. The van der Waals surface area contributed by atoms with Crippen LogP contribution in [0.3, 0.4) is 0 Å². The number of hydrogen-bond donors (Lipinski definition) is 1. The Hall–Kier alpha value is -1.51. The lowest BCUT2D eigenvalue weighted by Gasteiger charge is -2.26. The summed E-state index contributed by atoms with van der Waals surface area (Å²) in [6.45, 7) is 3.27. The Labute approximate surface area is 185 Å². The van der Waals surface area contributed by atoms with Crippen molar-refractivity contribution >= 4 is 11.4 Å². The molecule has 2 aliphatic rings. The molecule has 3 rings (SSSR count). The van der Waals surface area contributed by atoms with Gasteiger partial charge in [0.2, 0.25) is 0 Å². The van der Waals surface area contributed by atoms with Gasteiger partial charge < -0.3 is 10.1 Å². The van der Waals surface area contributed by atoms with Gasteiger partial charge in [0.05, 0.1) is 13.2 Å². The molecule has 2 aliphatic heterocycles. The molecule has 0 bridgehead atoms. The zero-order valence-electron chi connectivity index (χ0n) is 19.6. The van der Waals surface area contributed by atoms with Crippen LogP contribution in [0.15, 0.2) is 23.2 Å². The Morgan fingerprint density at radius 1 is 0.900 bits per heavy atom. The van der Waals surface area contributed by atoms with Crippen LogP contribution in [0.25, 0.3) is 0 Å². The summed E-state index contributed by atoms with van der Waals surface area (Å²) in [5.41, 5.74) is 4.12. The molecule has 0 saturated heterocycles. The van der Waals surface area contributed by atoms with E-state index in [1.54, 1.807) is 7.11 Å². The lowest BCUT2D eigenvalue weighted by atomic mass is 9.85. The van der Waals surface area contributed by atoms with Crippen LogP contribution < -0.4 is 10.1 Å². The second kappa shape index (κ2) is 13.0. The molecule has 168 valence electrons. The number of rotatable bonds is 15. The fourth-order valence-electron chi connectivity index (χ4n) is 5.20. The van der Waals surface area contributed by atoms with Gasteiger partial charge in [0, 0.05) is 23.9 Å². The van der Waals surface area contributed by atoms with Gasteiger partial charge in [0.15, 0.2) is 0 Å². The predicted octanol–water partition coefficient (Wildman–Crippen LogP) is 7.90. The zero-order valence-corrected chi connectivity index (χ0v) is 19.6. The fraction of sp³-hybridized carbons (Fsp3) is 0.741. The third kappa shape index (κ3) is 6.75. The second-order valence-corrected chi connectivity index (χ2v) is 9.34. The van der Waals surface area contributed by atoms with Gasteiger partial charge >= 0.3 is 0 Å². The van der Waals surface area contributed by atoms with E-state index in [1.165, 1.54) is 100 Å². The highest BCUT2D eigenvalue weighted by molar-refractivity contribution is 5.95. The lowest BCUT2D eigenvalue weighted by molar-refractivity contribution is 0.414. The Morgan fingerprint density at radius 2 is 1.53 bits per heavy atom. The fourth-order valence-corrected chi connectivity index (χ4v) is 5.20. The highest BCUT2D eigenvalue weighted by Crippen LogP contribution is 2.42. The Balaban J connectivity index is 1.25. The first-order valence-electron chi connectivity index (χ1n) is 12.8. The van der Waals surface area contributed by atoms with E-state index in [0.717, 1.165) is 25.1 Å². The van der Waals surface area contributed by atoms with Crippen LogP contribution in [0.4, 0.5) is 5.69 Å². The summed E-state index contributed by atoms with van der Waals surface area (Å²) in [5, 5.41) is 3.75. The molecule has 0 amide bonds. The molecule has 3 heteroatoms. The van der Waals surface area contributed by atoms with Crippen molar-refractivity contribution in [3.8, 4) is 5.75 Å². The number of hydrogen-bond acceptors (Lipinski definition) is 3. The largest absolute Gasteiger partial charge is 0.497 e. The maximum absolute atomic E-state index is 5.44. The molecule has 0 radical (unpaired) electrons. The van der Waals surface area contributed by atoms with Gasteiger partial charge in [-0.1, -0.05) is 84.0 Å². The maximum Gasteiger partial charge on any atom is 0.119 e. The van der Waals surface area contributed by atoms with Gasteiger partial charge in [0.25, 0.3) is 0 Å². The van der Waals surface area contributed by atoms with Crippen molar-refractivity contribution in [3.05, 3.63) is 23.8 Å². The van der Waals surface area contributed by atoms with E-state index in [2.05, 4.69) is 30.4 Å². The molecule has 1 aromatic carbocycles. The van der Waals surface area contributed by atoms with Crippen LogP contribution in [-0.4, -0.2) is 25.4 Å². The first-order chi connectivity index (χ1) is 14.8. The van der Waals surface area contributed by atoms with E-state index in [0.29, 0.717) is 12.0 Å². The van der Waals surface area contributed by atoms with Gasteiger partial charge in [-0.15, -0.1) is 0 Å². The summed E-state index contributed by atoms with van der Waals surface area (Å²) >= 11 is 0. The molecule has 2 atom stereocenters. The van der Waals surface area contributed by atoms with Crippen molar-refractivity contribution < 1.29 is 4.74 Å². The molecular formula is C27H44N2O. The first-order valence-corrected chi connectivity index (χ1v) is 12.8. The van der Waals surface area contributed by atoms with Crippen molar-refractivity contribution in [1.82, 2.24) is 0 Å². The summed E-state index contributed by atoms with van der Waals surface area (Å²) < 4.78 is 5.44. The number of methoxy groups -OCH3 is 1. The monoisotopic (exact) mass is 412 g/mol. The molecule has 0 aliphatic carbocycles. The zero-order chi connectivity index (χ0) is 21.0. The van der Waals surface area contributed by atoms with Gasteiger partial charge in [-0.25, -0.2) is 0 Å². The number of nitrogens with zero attached hydrogens (tertiary/aromatic N) is 1. The van der Waals surface area contributed by atoms with Crippen molar-refractivity contribution in [2.75, 3.05) is 19.0 Å². The highest BCUT2D eigenvalue weighted by atomic mass is 16.5. The normalized spacial score (nSPS) is 19.7. The summed E-state index contributed by atoms with van der Waals surface area (Å²) in [7, 11) is 1.75. The van der Waals surface area contributed by atoms with Crippen LogP contribution in [0.2, 0.25) is 0 Å². The topological polar surface area (TPSA) is 33.6 Å². The van der Waals surface area contributed by atoms with E-state index in [1.807, 2.05) is 0 Å². The summed E-state index contributed by atoms with van der Waals surface area (Å²) in [6.07, 6.45) is 20.7. The Morgan fingerprint density at radius 3 is 2.17 bits per heavy atom. The Kier molecular flexibility index (Phi) is 10.1. The van der Waals surface area contributed by atoms with Gasteiger partial charge in [-0.2, -0.15) is 0 Å². The highest BCUT2D eigenvalue weighted by Gasteiger charge is 2.37. The molecule has 1 aromatic rings. The smallest absolute Gasteiger partial charge is 0.119 e. The molecule has 30 heavy (non-hydrogen) atoms.